The second-order valence-corrected chi connectivity index (χ2v) is 6.15. The second-order valence-electron chi connectivity index (χ2n) is 6.15. The van der Waals surface area contributed by atoms with Crippen molar-refractivity contribution in [2.45, 2.75) is 38.9 Å². The summed E-state index contributed by atoms with van der Waals surface area (Å²) >= 11 is 0. The minimum absolute atomic E-state index is 0.0668. The van der Waals surface area contributed by atoms with Gasteiger partial charge in [-0.3, -0.25) is 0 Å². The van der Waals surface area contributed by atoms with Gasteiger partial charge in [-0.1, -0.05) is 0 Å². The summed E-state index contributed by atoms with van der Waals surface area (Å²) in [5, 5.41) is 0. The molecule has 1 aliphatic heterocycles. The van der Waals surface area contributed by atoms with Gasteiger partial charge in [0.1, 0.15) is 11.6 Å². The number of esters is 1. The highest BCUT2D eigenvalue weighted by Gasteiger charge is 2.53. The minimum Gasteiger partial charge on any atom is -0.497 e. The smallest absolute Gasteiger partial charge is 0.497 e. The van der Waals surface area contributed by atoms with Gasteiger partial charge in [-0.05, 0) is 39.8 Å². The fourth-order valence-corrected chi connectivity index (χ4v) is 2.19. The van der Waals surface area contributed by atoms with Gasteiger partial charge < -0.3 is 18.8 Å². The molecule has 1 saturated heterocycles. The number of ether oxygens (including phenoxy) is 2. The van der Waals surface area contributed by atoms with Gasteiger partial charge in [0.15, 0.2) is 0 Å². The lowest BCUT2D eigenvalue weighted by atomic mass is 9.77. The Morgan fingerprint density at radius 2 is 1.68 bits per heavy atom. The van der Waals surface area contributed by atoms with Gasteiger partial charge in [-0.25, -0.2) is 9.18 Å². The van der Waals surface area contributed by atoms with Crippen molar-refractivity contribution in [2.24, 2.45) is 0 Å². The summed E-state index contributed by atoms with van der Waals surface area (Å²) in [7, 11) is 1.71. The van der Waals surface area contributed by atoms with Gasteiger partial charge in [-0.15, -0.1) is 0 Å². The van der Waals surface area contributed by atoms with Gasteiger partial charge >= 0.3 is 13.1 Å². The zero-order valence-corrected chi connectivity index (χ0v) is 13.7. The van der Waals surface area contributed by atoms with Crippen LogP contribution in [-0.2, 0) is 14.0 Å². The van der Waals surface area contributed by atoms with Crippen molar-refractivity contribution in [1.82, 2.24) is 0 Å². The molecule has 7 heteroatoms. The highest BCUT2D eigenvalue weighted by atomic mass is 19.1. The summed E-state index contributed by atoms with van der Waals surface area (Å²) in [6, 6.07) is 2.50. The first kappa shape index (κ1) is 16.8. The van der Waals surface area contributed by atoms with E-state index >= 15 is 0 Å². The van der Waals surface area contributed by atoms with E-state index in [1.165, 1.54) is 20.3 Å². The van der Waals surface area contributed by atoms with Gasteiger partial charge in [0.05, 0.1) is 36.4 Å². The molecule has 22 heavy (non-hydrogen) atoms. The number of benzene rings is 1. The number of rotatable bonds is 3. The summed E-state index contributed by atoms with van der Waals surface area (Å²) in [5.41, 5.74) is -1.00. The average Bonchev–Trinajstić information content (AvgIpc) is 2.64. The Kier molecular flexibility index (Phi) is 4.23. The molecule has 0 spiro atoms. The van der Waals surface area contributed by atoms with E-state index in [1.807, 2.05) is 27.7 Å². The lowest BCUT2D eigenvalue weighted by Gasteiger charge is -2.32. The molecule has 0 aromatic heterocycles. The number of halogens is 1. The maximum absolute atomic E-state index is 14.5. The van der Waals surface area contributed by atoms with Crippen molar-refractivity contribution in [3.63, 3.8) is 0 Å². The van der Waals surface area contributed by atoms with Crippen LogP contribution in [-0.4, -0.2) is 38.5 Å². The maximum Gasteiger partial charge on any atom is 0.501 e. The van der Waals surface area contributed by atoms with Gasteiger partial charge in [0, 0.05) is 0 Å². The molecule has 0 amide bonds. The molecular formula is C15H20BFO5. The number of carbonyl (C=O) groups is 1. The zero-order chi connectivity index (χ0) is 16.7. The molecule has 0 bridgehead atoms. The quantitative estimate of drug-likeness (QED) is 0.631. The van der Waals surface area contributed by atoms with Crippen LogP contribution >= 0.6 is 0 Å². The van der Waals surface area contributed by atoms with Crippen molar-refractivity contribution in [3.05, 3.63) is 23.5 Å². The first-order valence-corrected chi connectivity index (χ1v) is 6.94. The van der Waals surface area contributed by atoms with E-state index in [2.05, 4.69) is 4.74 Å². The average molecular weight is 310 g/mol. The van der Waals surface area contributed by atoms with Crippen LogP contribution in [0, 0.1) is 5.82 Å². The molecule has 120 valence electrons. The monoisotopic (exact) mass is 310 g/mol. The lowest BCUT2D eigenvalue weighted by Crippen LogP contribution is -2.41. The molecular weight excluding hydrogens is 290 g/mol. The molecule has 0 saturated carbocycles. The molecule has 5 nitrogen and oxygen atoms in total. The zero-order valence-electron chi connectivity index (χ0n) is 13.7. The van der Waals surface area contributed by atoms with Crippen LogP contribution < -0.4 is 10.2 Å². The molecule has 1 aromatic carbocycles. The molecule has 0 aliphatic carbocycles. The molecule has 1 heterocycles. The van der Waals surface area contributed by atoms with Crippen LogP contribution in [0.15, 0.2) is 12.1 Å². The van der Waals surface area contributed by atoms with Crippen LogP contribution in [0.2, 0.25) is 0 Å². The van der Waals surface area contributed by atoms with Gasteiger partial charge in [0.25, 0.3) is 0 Å². The fourth-order valence-electron chi connectivity index (χ4n) is 2.19. The summed E-state index contributed by atoms with van der Waals surface area (Å²) < 4.78 is 36.0. The minimum atomic E-state index is -0.911. The summed E-state index contributed by atoms with van der Waals surface area (Å²) in [5.74, 6) is -1.10. The Hall–Kier alpha value is -1.60. The predicted molar refractivity (Wildman–Crippen MR) is 80.0 cm³/mol. The van der Waals surface area contributed by atoms with Crippen molar-refractivity contribution in [3.8, 4) is 5.75 Å². The standard InChI is InChI=1S/C15H20BFO5/c1-14(2)15(3,4)22-16(21-14)12-10(17)7-9(13(18)20-6)8-11(12)19-5/h7-8H,1-6H3. The normalized spacial score (nSPS) is 19.1. The number of hydrogen-bond acceptors (Lipinski definition) is 5. The molecule has 2 rings (SSSR count). The SMILES string of the molecule is COC(=O)c1cc(F)c(B2OC(C)(C)C(C)(C)O2)c(OC)c1. The molecule has 0 unspecified atom stereocenters. The maximum atomic E-state index is 14.5. The molecule has 0 atom stereocenters. The van der Waals surface area contributed by atoms with Gasteiger partial charge in [-0.2, -0.15) is 0 Å². The Bertz CT molecular complexity index is 584. The van der Waals surface area contributed by atoms with E-state index in [0.717, 1.165) is 6.07 Å². The molecule has 1 aliphatic rings. The van der Waals surface area contributed by atoms with E-state index < -0.39 is 30.1 Å². The number of methoxy groups -OCH3 is 2. The highest BCUT2D eigenvalue weighted by molar-refractivity contribution is 6.63. The van der Waals surface area contributed by atoms with E-state index in [4.69, 9.17) is 14.0 Å². The van der Waals surface area contributed by atoms with E-state index in [0.29, 0.717) is 0 Å². The topological polar surface area (TPSA) is 54.0 Å². The van der Waals surface area contributed by atoms with E-state index in [-0.39, 0.29) is 16.8 Å². The van der Waals surface area contributed by atoms with Crippen molar-refractivity contribution in [1.29, 1.82) is 0 Å². The first-order valence-electron chi connectivity index (χ1n) is 6.94. The van der Waals surface area contributed by atoms with Crippen LogP contribution in [0.4, 0.5) is 4.39 Å². The molecule has 1 aromatic rings. The van der Waals surface area contributed by atoms with Crippen LogP contribution in [0.3, 0.4) is 0 Å². The largest absolute Gasteiger partial charge is 0.501 e. The third-order valence-corrected chi connectivity index (χ3v) is 4.22. The molecule has 0 N–H and O–H groups in total. The third kappa shape index (κ3) is 2.70. The highest BCUT2D eigenvalue weighted by Crippen LogP contribution is 2.37. The van der Waals surface area contributed by atoms with Crippen LogP contribution in [0.1, 0.15) is 38.1 Å². The Morgan fingerprint density at radius 3 is 2.14 bits per heavy atom. The predicted octanol–water partition coefficient (Wildman–Crippen LogP) is 1.92. The summed E-state index contributed by atoms with van der Waals surface area (Å²) in [6.07, 6.45) is 0. The van der Waals surface area contributed by atoms with Crippen molar-refractivity contribution in [2.75, 3.05) is 14.2 Å². The Morgan fingerprint density at radius 1 is 1.14 bits per heavy atom. The summed E-state index contributed by atoms with van der Waals surface area (Å²) in [6.45, 7) is 7.50. The summed E-state index contributed by atoms with van der Waals surface area (Å²) in [4.78, 5) is 11.6. The Labute approximate surface area is 129 Å². The van der Waals surface area contributed by atoms with E-state index in [1.54, 1.807) is 0 Å². The molecule has 0 radical (unpaired) electrons. The lowest BCUT2D eigenvalue weighted by molar-refractivity contribution is 0.00578. The first-order chi connectivity index (χ1) is 10.1. The Balaban J connectivity index is 2.47. The number of hydrogen-bond donors (Lipinski definition) is 0. The van der Waals surface area contributed by atoms with Gasteiger partial charge in [0.2, 0.25) is 0 Å². The number of carbonyl (C=O) groups excluding carboxylic acids is 1. The second kappa shape index (κ2) is 5.55. The van der Waals surface area contributed by atoms with Crippen molar-refractivity contribution < 1.29 is 28.0 Å². The third-order valence-electron chi connectivity index (χ3n) is 4.22. The van der Waals surface area contributed by atoms with Crippen LogP contribution in [0.5, 0.6) is 5.75 Å². The molecule has 1 fully saturated rings. The fraction of sp³-hybridized carbons (Fsp3) is 0.533. The van der Waals surface area contributed by atoms with Crippen molar-refractivity contribution >= 4 is 18.6 Å². The van der Waals surface area contributed by atoms with E-state index in [9.17, 15) is 9.18 Å². The van der Waals surface area contributed by atoms with Crippen LogP contribution in [0.25, 0.3) is 0 Å².